The summed E-state index contributed by atoms with van der Waals surface area (Å²) >= 11 is 1.81. The van der Waals surface area contributed by atoms with Crippen LogP contribution in [0.1, 0.15) is 12.5 Å². The zero-order chi connectivity index (χ0) is 13.1. The summed E-state index contributed by atoms with van der Waals surface area (Å²) in [6, 6.07) is 20.6. The van der Waals surface area contributed by atoms with Crippen molar-refractivity contribution in [3.05, 3.63) is 66.2 Å². The summed E-state index contributed by atoms with van der Waals surface area (Å²) in [5.41, 5.74) is 2.17. The lowest BCUT2D eigenvalue weighted by molar-refractivity contribution is 0.102. The van der Waals surface area contributed by atoms with E-state index in [2.05, 4.69) is 48.5 Å². The van der Waals surface area contributed by atoms with Gasteiger partial charge < -0.3 is 4.84 Å². The Morgan fingerprint density at radius 2 is 1.58 bits per heavy atom. The fourth-order valence-electron chi connectivity index (χ4n) is 2.09. The number of nitrogens with zero attached hydrogens (tertiary/aromatic N) is 1. The van der Waals surface area contributed by atoms with Crippen LogP contribution in [0.2, 0.25) is 0 Å². The topological polar surface area (TPSA) is 21.6 Å². The first kappa shape index (κ1) is 12.3. The van der Waals surface area contributed by atoms with Crippen molar-refractivity contribution in [2.75, 3.05) is 0 Å². The van der Waals surface area contributed by atoms with Gasteiger partial charge in [-0.3, -0.25) is 0 Å². The van der Waals surface area contributed by atoms with Gasteiger partial charge in [0.2, 0.25) is 0 Å². The van der Waals surface area contributed by atoms with Crippen molar-refractivity contribution in [2.24, 2.45) is 5.16 Å². The second kappa shape index (κ2) is 5.49. The highest BCUT2D eigenvalue weighted by Crippen LogP contribution is 2.32. The van der Waals surface area contributed by atoms with Gasteiger partial charge in [0.25, 0.3) is 0 Å². The molecule has 0 saturated carbocycles. The van der Waals surface area contributed by atoms with Crippen molar-refractivity contribution in [1.29, 1.82) is 0 Å². The van der Waals surface area contributed by atoms with Crippen LogP contribution < -0.4 is 0 Å². The second-order valence-electron chi connectivity index (χ2n) is 4.50. The van der Waals surface area contributed by atoms with E-state index in [1.807, 2.05) is 24.3 Å². The van der Waals surface area contributed by atoms with Crippen LogP contribution in [0.15, 0.2) is 70.7 Å². The Bertz CT molecular complexity index is 568. The van der Waals surface area contributed by atoms with E-state index in [0.29, 0.717) is 0 Å². The first-order chi connectivity index (χ1) is 9.34. The number of oxime groups is 1. The van der Waals surface area contributed by atoms with E-state index in [4.69, 9.17) is 4.84 Å². The van der Waals surface area contributed by atoms with E-state index in [0.717, 1.165) is 11.3 Å². The predicted molar refractivity (Wildman–Crippen MR) is 79.6 cm³/mol. The Balaban J connectivity index is 1.85. The summed E-state index contributed by atoms with van der Waals surface area (Å²) < 4.78 is 0. The van der Waals surface area contributed by atoms with Crippen LogP contribution in [0, 0.1) is 0 Å². The molecule has 0 radical (unpaired) electrons. The lowest BCUT2D eigenvalue weighted by Gasteiger charge is -2.15. The normalized spacial score (nSPS) is 21.8. The molecule has 1 aliphatic heterocycles. The van der Waals surface area contributed by atoms with Gasteiger partial charge in [0.15, 0.2) is 0 Å². The first-order valence-corrected chi connectivity index (χ1v) is 7.23. The molecular weight excluding hydrogens is 254 g/mol. The molecule has 0 saturated heterocycles. The molecule has 0 aliphatic carbocycles. The summed E-state index contributed by atoms with van der Waals surface area (Å²) in [6.07, 6.45) is 0.0976. The maximum absolute atomic E-state index is 5.47. The zero-order valence-electron chi connectivity index (χ0n) is 10.7. The van der Waals surface area contributed by atoms with Crippen molar-refractivity contribution < 1.29 is 4.84 Å². The highest BCUT2D eigenvalue weighted by molar-refractivity contribution is 8.00. The Morgan fingerprint density at radius 1 is 0.947 bits per heavy atom. The van der Waals surface area contributed by atoms with Crippen molar-refractivity contribution in [1.82, 2.24) is 0 Å². The first-order valence-electron chi connectivity index (χ1n) is 6.35. The Labute approximate surface area is 117 Å². The van der Waals surface area contributed by atoms with Crippen LogP contribution in [0.25, 0.3) is 0 Å². The minimum absolute atomic E-state index is 0.0976. The van der Waals surface area contributed by atoms with Gasteiger partial charge in [0.05, 0.1) is 5.25 Å². The SMILES string of the molecule is C[C@@H]1ON=C(c2ccccc2)[C@H]1Sc1ccccc1. The molecule has 0 N–H and O–H groups in total. The largest absolute Gasteiger partial charge is 0.391 e. The Hall–Kier alpha value is -1.74. The number of hydrogen-bond acceptors (Lipinski definition) is 3. The standard InChI is InChI=1S/C16H15NOS/c1-12-16(19-14-10-6-3-7-11-14)15(17-18-12)13-8-4-2-5-9-13/h2-12,16H,1H3/t12-,16-/m0/s1. The monoisotopic (exact) mass is 269 g/mol. The van der Waals surface area contributed by atoms with Gasteiger partial charge in [-0.1, -0.05) is 53.7 Å². The van der Waals surface area contributed by atoms with E-state index in [1.165, 1.54) is 4.90 Å². The van der Waals surface area contributed by atoms with Crippen LogP contribution in [-0.4, -0.2) is 17.1 Å². The summed E-state index contributed by atoms with van der Waals surface area (Å²) in [6.45, 7) is 2.07. The number of benzene rings is 2. The summed E-state index contributed by atoms with van der Waals surface area (Å²) in [5, 5.41) is 4.50. The summed E-state index contributed by atoms with van der Waals surface area (Å²) in [7, 11) is 0. The number of hydrogen-bond donors (Lipinski definition) is 0. The van der Waals surface area contributed by atoms with Crippen LogP contribution in [0.3, 0.4) is 0 Å². The fourth-order valence-corrected chi connectivity index (χ4v) is 3.23. The average Bonchev–Trinajstić information content (AvgIpc) is 2.82. The molecule has 19 heavy (non-hydrogen) atoms. The van der Waals surface area contributed by atoms with Crippen LogP contribution in [0.5, 0.6) is 0 Å². The lowest BCUT2D eigenvalue weighted by atomic mass is 10.1. The number of thioether (sulfide) groups is 1. The van der Waals surface area contributed by atoms with Gasteiger partial charge in [-0.25, -0.2) is 0 Å². The van der Waals surface area contributed by atoms with E-state index in [9.17, 15) is 0 Å². The van der Waals surface area contributed by atoms with Crippen LogP contribution in [0.4, 0.5) is 0 Å². The van der Waals surface area contributed by atoms with Gasteiger partial charge in [0.1, 0.15) is 11.8 Å². The Kier molecular flexibility index (Phi) is 3.56. The highest BCUT2D eigenvalue weighted by Gasteiger charge is 2.32. The maximum Gasteiger partial charge on any atom is 0.142 e. The minimum Gasteiger partial charge on any atom is -0.391 e. The van der Waals surface area contributed by atoms with E-state index < -0.39 is 0 Å². The van der Waals surface area contributed by atoms with Crippen molar-refractivity contribution in [3.63, 3.8) is 0 Å². The smallest absolute Gasteiger partial charge is 0.142 e. The second-order valence-corrected chi connectivity index (χ2v) is 5.72. The summed E-state index contributed by atoms with van der Waals surface area (Å²) in [5.74, 6) is 0. The maximum atomic E-state index is 5.47. The van der Waals surface area contributed by atoms with E-state index >= 15 is 0 Å². The highest BCUT2D eigenvalue weighted by atomic mass is 32.2. The van der Waals surface area contributed by atoms with Crippen LogP contribution >= 0.6 is 11.8 Å². The third-order valence-corrected chi connectivity index (χ3v) is 4.49. The molecule has 0 unspecified atom stereocenters. The lowest BCUT2D eigenvalue weighted by Crippen LogP contribution is -2.24. The molecule has 2 aromatic carbocycles. The van der Waals surface area contributed by atoms with Gasteiger partial charge in [-0.2, -0.15) is 0 Å². The van der Waals surface area contributed by atoms with E-state index in [1.54, 1.807) is 11.8 Å². The minimum atomic E-state index is 0.0976. The molecule has 0 fully saturated rings. The van der Waals surface area contributed by atoms with Crippen molar-refractivity contribution in [3.8, 4) is 0 Å². The van der Waals surface area contributed by atoms with Crippen LogP contribution in [-0.2, 0) is 4.84 Å². The molecule has 0 amide bonds. The van der Waals surface area contributed by atoms with Gasteiger partial charge >= 0.3 is 0 Å². The molecule has 2 atom stereocenters. The molecule has 2 aromatic rings. The molecule has 1 heterocycles. The number of rotatable bonds is 3. The quantitative estimate of drug-likeness (QED) is 0.841. The van der Waals surface area contributed by atoms with Crippen molar-refractivity contribution >= 4 is 17.5 Å². The molecule has 0 spiro atoms. The molecule has 3 rings (SSSR count). The van der Waals surface area contributed by atoms with Crippen molar-refractivity contribution in [2.45, 2.75) is 23.2 Å². The fraction of sp³-hybridized carbons (Fsp3) is 0.188. The summed E-state index contributed by atoms with van der Waals surface area (Å²) in [4.78, 5) is 6.72. The van der Waals surface area contributed by atoms with Gasteiger partial charge in [-0.05, 0) is 19.1 Å². The molecule has 3 heteroatoms. The Morgan fingerprint density at radius 3 is 2.26 bits per heavy atom. The third kappa shape index (κ3) is 2.66. The molecular formula is C16H15NOS. The van der Waals surface area contributed by atoms with Gasteiger partial charge in [0, 0.05) is 10.5 Å². The van der Waals surface area contributed by atoms with Gasteiger partial charge in [-0.15, -0.1) is 11.8 Å². The zero-order valence-corrected chi connectivity index (χ0v) is 11.5. The molecule has 1 aliphatic rings. The predicted octanol–water partition coefficient (Wildman–Crippen LogP) is 3.97. The average molecular weight is 269 g/mol. The molecule has 0 aromatic heterocycles. The third-order valence-electron chi connectivity index (χ3n) is 3.09. The molecule has 96 valence electrons. The molecule has 0 bridgehead atoms. The molecule has 2 nitrogen and oxygen atoms in total. The van der Waals surface area contributed by atoms with E-state index in [-0.39, 0.29) is 11.4 Å².